The maximum atomic E-state index is 14.3. The smallest absolute Gasteiger partial charge is 0.254 e. The Hall–Kier alpha value is -2.67. The average molecular weight is 363 g/mol. The van der Waals surface area contributed by atoms with Crippen LogP contribution in [-0.4, -0.2) is 38.4 Å². The van der Waals surface area contributed by atoms with Gasteiger partial charge in [0.05, 0.1) is 31.9 Å². The number of carbonyl (C=O) groups excluding carboxylic acids is 1. The Balaban J connectivity index is 1.72. The van der Waals surface area contributed by atoms with Gasteiger partial charge in [-0.15, -0.1) is 0 Å². The maximum Gasteiger partial charge on any atom is 0.254 e. The largest absolute Gasteiger partial charge is 0.494 e. The third-order valence-corrected chi connectivity index (χ3v) is 4.14. The monoisotopic (exact) mass is 363 g/mol. The summed E-state index contributed by atoms with van der Waals surface area (Å²) in [5, 5.41) is 2.75. The second-order valence-electron chi connectivity index (χ2n) is 5.88. The molecule has 1 aliphatic rings. The summed E-state index contributed by atoms with van der Waals surface area (Å²) in [6, 6.07) is 9.54. The van der Waals surface area contributed by atoms with Gasteiger partial charge in [0.15, 0.2) is 11.6 Å². The van der Waals surface area contributed by atoms with Crippen LogP contribution in [0.3, 0.4) is 0 Å². The van der Waals surface area contributed by atoms with E-state index in [4.69, 9.17) is 14.2 Å². The molecule has 3 rings (SSSR count). The van der Waals surface area contributed by atoms with Gasteiger partial charge in [-0.05, 0) is 36.4 Å². The van der Waals surface area contributed by atoms with Crippen molar-refractivity contribution < 1.29 is 27.8 Å². The van der Waals surface area contributed by atoms with Gasteiger partial charge in [0.1, 0.15) is 17.7 Å². The molecule has 0 spiro atoms. The van der Waals surface area contributed by atoms with Crippen molar-refractivity contribution >= 4 is 5.91 Å². The predicted octanol–water partition coefficient (Wildman–Crippen LogP) is 2.94. The summed E-state index contributed by atoms with van der Waals surface area (Å²) >= 11 is 0. The van der Waals surface area contributed by atoms with E-state index in [2.05, 4.69) is 5.32 Å². The molecule has 26 heavy (non-hydrogen) atoms. The van der Waals surface area contributed by atoms with Crippen LogP contribution in [0.25, 0.3) is 0 Å². The molecule has 0 unspecified atom stereocenters. The molecule has 2 atom stereocenters. The summed E-state index contributed by atoms with van der Waals surface area (Å²) < 4.78 is 43.5. The summed E-state index contributed by atoms with van der Waals surface area (Å²) in [5.74, 6) is -1.17. The van der Waals surface area contributed by atoms with Crippen LogP contribution < -0.4 is 14.8 Å². The number of hydrogen-bond acceptors (Lipinski definition) is 4. The quantitative estimate of drug-likeness (QED) is 0.888. The van der Waals surface area contributed by atoms with Crippen LogP contribution in [0.5, 0.6) is 11.5 Å². The van der Waals surface area contributed by atoms with E-state index in [0.717, 1.165) is 0 Å². The van der Waals surface area contributed by atoms with Crippen LogP contribution in [-0.2, 0) is 4.74 Å². The first-order valence-corrected chi connectivity index (χ1v) is 8.22. The molecule has 2 aromatic carbocycles. The fourth-order valence-corrected chi connectivity index (χ4v) is 2.77. The molecule has 5 nitrogen and oxygen atoms in total. The lowest BCUT2D eigenvalue weighted by atomic mass is 10.1. The number of benzene rings is 2. The highest BCUT2D eigenvalue weighted by Crippen LogP contribution is 2.22. The van der Waals surface area contributed by atoms with Crippen LogP contribution in [0.4, 0.5) is 8.78 Å². The lowest BCUT2D eigenvalue weighted by Gasteiger charge is -2.32. The van der Waals surface area contributed by atoms with Gasteiger partial charge in [-0.1, -0.05) is 6.07 Å². The molecule has 2 aromatic rings. The van der Waals surface area contributed by atoms with Crippen LogP contribution in [0.15, 0.2) is 42.5 Å². The third kappa shape index (κ3) is 4.11. The Kier molecular flexibility index (Phi) is 5.68. The van der Waals surface area contributed by atoms with E-state index < -0.39 is 17.8 Å². The Morgan fingerprint density at radius 2 is 1.96 bits per heavy atom. The highest BCUT2D eigenvalue weighted by atomic mass is 19.1. The Bertz CT molecular complexity index is 767. The molecule has 1 fully saturated rings. The first-order valence-electron chi connectivity index (χ1n) is 8.22. The Morgan fingerprint density at radius 3 is 2.69 bits per heavy atom. The summed E-state index contributed by atoms with van der Waals surface area (Å²) in [7, 11) is 1.33. The number of amides is 1. The van der Waals surface area contributed by atoms with Gasteiger partial charge in [0.25, 0.3) is 5.91 Å². The molecule has 0 bridgehead atoms. The normalized spacial score (nSPS) is 19.7. The van der Waals surface area contributed by atoms with Crippen LogP contribution >= 0.6 is 0 Å². The molecule has 1 heterocycles. The van der Waals surface area contributed by atoms with Crippen molar-refractivity contribution in [2.75, 3.05) is 20.3 Å². The van der Waals surface area contributed by atoms with Crippen LogP contribution in [0.1, 0.15) is 16.8 Å². The van der Waals surface area contributed by atoms with Crippen molar-refractivity contribution in [1.82, 2.24) is 5.32 Å². The topological polar surface area (TPSA) is 56.8 Å². The molecular formula is C19H19F2NO4. The molecule has 0 saturated carbocycles. The summed E-state index contributed by atoms with van der Waals surface area (Å²) in [6.45, 7) is 0.717. The number of halogens is 2. The Labute approximate surface area is 149 Å². The van der Waals surface area contributed by atoms with Crippen molar-refractivity contribution in [2.45, 2.75) is 18.6 Å². The zero-order valence-electron chi connectivity index (χ0n) is 14.2. The van der Waals surface area contributed by atoms with Crippen molar-refractivity contribution in [1.29, 1.82) is 0 Å². The zero-order valence-corrected chi connectivity index (χ0v) is 14.2. The minimum atomic E-state index is -0.722. The molecule has 0 aliphatic carbocycles. The Morgan fingerprint density at radius 1 is 1.19 bits per heavy atom. The van der Waals surface area contributed by atoms with E-state index in [1.165, 1.54) is 43.5 Å². The number of nitrogens with one attached hydrogen (secondary N) is 1. The summed E-state index contributed by atoms with van der Waals surface area (Å²) in [6.07, 6.45) is 0.176. The number of methoxy groups -OCH3 is 1. The molecule has 138 valence electrons. The minimum absolute atomic E-state index is 0.00310. The average Bonchev–Trinajstić information content (AvgIpc) is 2.65. The molecule has 0 radical (unpaired) electrons. The maximum absolute atomic E-state index is 14.3. The third-order valence-electron chi connectivity index (χ3n) is 4.14. The lowest BCUT2D eigenvalue weighted by Crippen LogP contribution is -2.52. The SMILES string of the molecule is COc1cccc(C(=O)N[C@@H]2COCC[C@@H]2Oc2ccc(F)cc2)c1F. The van der Waals surface area contributed by atoms with Crippen molar-refractivity contribution in [3.63, 3.8) is 0 Å². The number of carbonyl (C=O) groups is 1. The van der Waals surface area contributed by atoms with Gasteiger partial charge in [-0.25, -0.2) is 8.78 Å². The fraction of sp³-hybridized carbons (Fsp3) is 0.316. The summed E-state index contributed by atoms with van der Waals surface area (Å²) in [5.41, 5.74) is -0.115. The van der Waals surface area contributed by atoms with E-state index in [1.807, 2.05) is 0 Å². The van der Waals surface area contributed by atoms with E-state index in [-0.39, 0.29) is 29.8 Å². The number of rotatable bonds is 5. The second kappa shape index (κ2) is 8.14. The summed E-state index contributed by atoms with van der Waals surface area (Å²) in [4.78, 5) is 12.5. The van der Waals surface area contributed by atoms with E-state index in [1.54, 1.807) is 6.07 Å². The van der Waals surface area contributed by atoms with Gasteiger partial charge in [0.2, 0.25) is 0 Å². The highest BCUT2D eigenvalue weighted by Gasteiger charge is 2.30. The molecule has 7 heteroatoms. The molecule has 1 saturated heterocycles. The standard InChI is InChI=1S/C19H19F2NO4/c1-24-17-4-2-3-14(18(17)21)19(23)22-15-11-25-10-9-16(15)26-13-7-5-12(20)6-8-13/h2-8,15-16H,9-11H2,1H3,(H,22,23)/t15-,16+/m1/s1. The van der Waals surface area contributed by atoms with Crippen molar-refractivity contribution in [3.8, 4) is 11.5 Å². The first kappa shape index (κ1) is 18.1. The van der Waals surface area contributed by atoms with Crippen molar-refractivity contribution in [2.24, 2.45) is 0 Å². The fourth-order valence-electron chi connectivity index (χ4n) is 2.77. The van der Waals surface area contributed by atoms with E-state index >= 15 is 0 Å². The van der Waals surface area contributed by atoms with E-state index in [0.29, 0.717) is 18.8 Å². The van der Waals surface area contributed by atoms with Crippen LogP contribution in [0.2, 0.25) is 0 Å². The predicted molar refractivity (Wildman–Crippen MR) is 90.5 cm³/mol. The molecule has 0 aromatic heterocycles. The van der Waals surface area contributed by atoms with Gasteiger partial charge in [-0.3, -0.25) is 4.79 Å². The molecular weight excluding hydrogens is 344 g/mol. The van der Waals surface area contributed by atoms with Gasteiger partial charge in [0, 0.05) is 6.42 Å². The number of hydrogen-bond donors (Lipinski definition) is 1. The number of ether oxygens (including phenoxy) is 3. The first-order chi connectivity index (χ1) is 12.6. The van der Waals surface area contributed by atoms with Gasteiger partial charge >= 0.3 is 0 Å². The molecule has 1 amide bonds. The molecule has 1 N–H and O–H groups in total. The van der Waals surface area contributed by atoms with Gasteiger partial charge < -0.3 is 19.5 Å². The van der Waals surface area contributed by atoms with Gasteiger partial charge in [-0.2, -0.15) is 0 Å². The lowest BCUT2D eigenvalue weighted by molar-refractivity contribution is -0.00296. The highest BCUT2D eigenvalue weighted by molar-refractivity contribution is 5.95. The molecule has 1 aliphatic heterocycles. The zero-order chi connectivity index (χ0) is 18.5. The van der Waals surface area contributed by atoms with Crippen molar-refractivity contribution in [3.05, 3.63) is 59.7 Å². The van der Waals surface area contributed by atoms with E-state index in [9.17, 15) is 13.6 Å². The minimum Gasteiger partial charge on any atom is -0.494 e. The van der Waals surface area contributed by atoms with Crippen LogP contribution in [0, 0.1) is 11.6 Å². The second-order valence-corrected chi connectivity index (χ2v) is 5.88.